The van der Waals surface area contributed by atoms with Crippen LogP contribution in [0.2, 0.25) is 0 Å². The Hall–Kier alpha value is -1.94. The summed E-state index contributed by atoms with van der Waals surface area (Å²) in [6, 6.07) is 9.05. The predicted octanol–water partition coefficient (Wildman–Crippen LogP) is 5.29. The van der Waals surface area contributed by atoms with E-state index in [1.807, 2.05) is 38.1 Å². The third-order valence-corrected chi connectivity index (χ3v) is 7.65. The Balaban J connectivity index is 1.53. The highest BCUT2D eigenvalue weighted by atomic mass is 79.9. The summed E-state index contributed by atoms with van der Waals surface area (Å²) in [5.74, 6) is 5.54. The molecule has 176 valence electrons. The van der Waals surface area contributed by atoms with E-state index in [2.05, 4.69) is 27.8 Å². The first-order valence-corrected chi connectivity index (χ1v) is 12.6. The number of ketones is 1. The number of fused-ring (bicyclic) bond motifs is 1. The number of halogens is 1. The molecule has 3 aliphatic rings. The zero-order valence-corrected chi connectivity index (χ0v) is 20.8. The fourth-order valence-corrected chi connectivity index (χ4v) is 6.10. The van der Waals surface area contributed by atoms with Crippen molar-refractivity contribution in [2.24, 2.45) is 23.7 Å². The molecule has 3 fully saturated rings. The lowest BCUT2D eigenvalue weighted by Gasteiger charge is -2.27. The number of Topliss-reactive ketones (excluding diaryl/α,β-unsaturated/α-hetero) is 1. The molecule has 6 heteroatoms. The van der Waals surface area contributed by atoms with Crippen LogP contribution < -0.4 is 0 Å². The van der Waals surface area contributed by atoms with Gasteiger partial charge in [-0.3, -0.25) is 4.79 Å². The summed E-state index contributed by atoms with van der Waals surface area (Å²) < 4.78 is 18.5. The molecule has 5 atom stereocenters. The molecule has 1 aliphatic heterocycles. The molecule has 5 nitrogen and oxygen atoms in total. The second kappa shape index (κ2) is 10.5. The first kappa shape index (κ1) is 24.2. The molecule has 0 bridgehead atoms. The van der Waals surface area contributed by atoms with Crippen LogP contribution in [0.3, 0.4) is 0 Å². The third kappa shape index (κ3) is 5.42. The van der Waals surface area contributed by atoms with Gasteiger partial charge in [0.25, 0.3) is 0 Å². The highest BCUT2D eigenvalue weighted by Gasteiger charge is 2.57. The molecule has 0 radical (unpaired) electrons. The molecular weight excluding hydrogens is 484 g/mol. The van der Waals surface area contributed by atoms with Crippen LogP contribution in [0.5, 0.6) is 0 Å². The van der Waals surface area contributed by atoms with Crippen LogP contribution in [0.4, 0.5) is 0 Å². The first-order valence-electron chi connectivity index (χ1n) is 11.8. The minimum absolute atomic E-state index is 0.0260. The van der Waals surface area contributed by atoms with Crippen LogP contribution in [0, 0.1) is 35.5 Å². The topological polar surface area (TPSA) is 61.8 Å². The Morgan fingerprint density at radius 3 is 2.64 bits per heavy atom. The third-order valence-electron chi connectivity index (χ3n) is 7.00. The molecule has 1 aromatic rings. The Kier molecular flexibility index (Phi) is 7.73. The van der Waals surface area contributed by atoms with Gasteiger partial charge in [-0.2, -0.15) is 0 Å². The largest absolute Gasteiger partial charge is 0.458 e. The predicted molar refractivity (Wildman–Crippen MR) is 128 cm³/mol. The van der Waals surface area contributed by atoms with Gasteiger partial charge < -0.3 is 14.2 Å². The summed E-state index contributed by atoms with van der Waals surface area (Å²) in [4.78, 5) is 25.8. The van der Waals surface area contributed by atoms with E-state index in [1.165, 1.54) is 0 Å². The van der Waals surface area contributed by atoms with Crippen molar-refractivity contribution in [3.63, 3.8) is 0 Å². The summed E-state index contributed by atoms with van der Waals surface area (Å²) in [7, 11) is 0. The Morgan fingerprint density at radius 1 is 1.21 bits per heavy atom. The van der Waals surface area contributed by atoms with E-state index in [-0.39, 0.29) is 35.6 Å². The molecule has 1 spiro atoms. The van der Waals surface area contributed by atoms with Gasteiger partial charge >= 0.3 is 5.97 Å². The normalized spacial score (nSPS) is 28.8. The van der Waals surface area contributed by atoms with Crippen molar-refractivity contribution in [2.45, 2.75) is 57.8 Å². The van der Waals surface area contributed by atoms with Crippen molar-refractivity contribution in [3.8, 4) is 11.8 Å². The van der Waals surface area contributed by atoms with E-state index in [0.717, 1.165) is 25.7 Å². The number of rotatable bonds is 6. The monoisotopic (exact) mass is 514 g/mol. The number of carbonyl (C=O) groups excluding carboxylic acids is 2. The molecule has 1 aromatic carbocycles. The number of hydrogen-bond donors (Lipinski definition) is 0. The van der Waals surface area contributed by atoms with Gasteiger partial charge in [-0.15, -0.1) is 11.8 Å². The average molecular weight is 515 g/mol. The van der Waals surface area contributed by atoms with Crippen LogP contribution in [0.15, 0.2) is 40.9 Å². The Bertz CT molecular complexity index is 954. The fourth-order valence-electron chi connectivity index (χ4n) is 5.40. The Morgan fingerprint density at radius 2 is 1.94 bits per heavy atom. The smallest absolute Gasteiger partial charge is 0.338 e. The molecule has 1 saturated heterocycles. The highest BCUT2D eigenvalue weighted by molar-refractivity contribution is 9.12. The van der Waals surface area contributed by atoms with Crippen LogP contribution in [0.1, 0.15) is 56.3 Å². The molecule has 0 unspecified atom stereocenters. The van der Waals surface area contributed by atoms with E-state index in [1.54, 1.807) is 12.1 Å². The van der Waals surface area contributed by atoms with E-state index >= 15 is 0 Å². The minimum atomic E-state index is -0.519. The molecular formula is C27H31BrO5. The van der Waals surface area contributed by atoms with Gasteiger partial charge in [-0.25, -0.2) is 4.79 Å². The van der Waals surface area contributed by atoms with Gasteiger partial charge in [0.05, 0.1) is 23.3 Å². The van der Waals surface area contributed by atoms with Crippen molar-refractivity contribution in [1.29, 1.82) is 0 Å². The summed E-state index contributed by atoms with van der Waals surface area (Å²) in [6.45, 7) is 5.13. The van der Waals surface area contributed by atoms with Gasteiger partial charge in [0, 0.05) is 37.5 Å². The summed E-state index contributed by atoms with van der Waals surface area (Å²) in [5, 5.41) is 0. The van der Waals surface area contributed by atoms with E-state index in [9.17, 15) is 9.59 Å². The standard InChI is InChI=1S/C27H31BrO5/c1-3-4-6-9-18(2)25(29)23(28)15-21-22-17-27(31-12-13-32-27)16-20(22)14-24(21)33-26(30)19-10-7-5-8-11-19/h5,7-8,10-11,15,18,20-22,24H,3,9,12-14,16-17H2,1-2H3/b23-15-/t18-,20-,21-,22+,24-/m1/s1. The summed E-state index contributed by atoms with van der Waals surface area (Å²) in [6.07, 6.45) is 5.29. The van der Waals surface area contributed by atoms with Crippen molar-refractivity contribution < 1.29 is 23.8 Å². The number of hydrogen-bond acceptors (Lipinski definition) is 5. The lowest BCUT2D eigenvalue weighted by Crippen LogP contribution is -2.31. The molecule has 4 rings (SSSR count). The van der Waals surface area contributed by atoms with Crippen molar-refractivity contribution in [3.05, 3.63) is 46.5 Å². The fraction of sp³-hybridized carbons (Fsp3) is 0.556. The van der Waals surface area contributed by atoms with E-state index < -0.39 is 5.79 Å². The zero-order chi connectivity index (χ0) is 23.4. The van der Waals surface area contributed by atoms with Crippen molar-refractivity contribution >= 4 is 27.7 Å². The number of carbonyl (C=O) groups is 2. The lowest BCUT2D eigenvalue weighted by molar-refractivity contribution is -0.157. The van der Waals surface area contributed by atoms with Crippen LogP contribution in [-0.2, 0) is 19.0 Å². The van der Waals surface area contributed by atoms with Gasteiger partial charge in [0.2, 0.25) is 0 Å². The van der Waals surface area contributed by atoms with Crippen molar-refractivity contribution in [2.75, 3.05) is 13.2 Å². The highest BCUT2D eigenvalue weighted by Crippen LogP contribution is 2.55. The molecule has 0 N–H and O–H groups in total. The van der Waals surface area contributed by atoms with Crippen LogP contribution in [-0.4, -0.2) is 36.9 Å². The summed E-state index contributed by atoms with van der Waals surface area (Å²) >= 11 is 3.53. The summed E-state index contributed by atoms with van der Waals surface area (Å²) in [5.41, 5.74) is 0.537. The minimum Gasteiger partial charge on any atom is -0.458 e. The molecule has 1 heterocycles. The first-order chi connectivity index (χ1) is 15.9. The molecule has 0 aromatic heterocycles. The second-order valence-corrected chi connectivity index (χ2v) is 10.1. The SMILES string of the molecule is CCC#CC[C@@H](C)C(=O)/C(Br)=C/[C@@H]1[C@H]2CC3(C[C@H]2C[C@H]1OC(=O)c1ccccc1)OCCO3. The number of ether oxygens (including phenoxy) is 3. The van der Waals surface area contributed by atoms with Gasteiger partial charge in [0.15, 0.2) is 11.6 Å². The molecule has 2 aliphatic carbocycles. The zero-order valence-electron chi connectivity index (χ0n) is 19.2. The average Bonchev–Trinajstić information content (AvgIpc) is 3.50. The van der Waals surface area contributed by atoms with Crippen LogP contribution in [0.25, 0.3) is 0 Å². The molecule has 0 amide bonds. The number of benzene rings is 1. The maximum absolute atomic E-state index is 13.0. The van der Waals surface area contributed by atoms with E-state index in [0.29, 0.717) is 35.6 Å². The lowest BCUT2D eigenvalue weighted by atomic mass is 9.89. The maximum atomic E-state index is 13.0. The van der Waals surface area contributed by atoms with Gasteiger partial charge in [-0.1, -0.05) is 38.1 Å². The van der Waals surface area contributed by atoms with Gasteiger partial charge in [-0.05, 0) is 46.3 Å². The number of esters is 1. The van der Waals surface area contributed by atoms with Gasteiger partial charge in [0.1, 0.15) is 6.10 Å². The molecule has 2 saturated carbocycles. The van der Waals surface area contributed by atoms with Crippen LogP contribution >= 0.6 is 15.9 Å². The molecule has 33 heavy (non-hydrogen) atoms. The van der Waals surface area contributed by atoms with E-state index in [4.69, 9.17) is 14.2 Å². The Labute approximate surface area is 204 Å². The number of allylic oxidation sites excluding steroid dienone is 1. The quantitative estimate of drug-likeness (QED) is 0.293. The second-order valence-electron chi connectivity index (χ2n) is 9.25. The maximum Gasteiger partial charge on any atom is 0.338 e. The van der Waals surface area contributed by atoms with Crippen molar-refractivity contribution in [1.82, 2.24) is 0 Å².